The van der Waals surface area contributed by atoms with Crippen LogP contribution < -0.4 is 10.9 Å². The summed E-state index contributed by atoms with van der Waals surface area (Å²) in [6, 6.07) is 3.77. The normalized spacial score (nSPS) is 16.3. The fraction of sp³-hybridized carbons (Fsp3) is 0.433. The first-order chi connectivity index (χ1) is 19.9. The van der Waals surface area contributed by atoms with E-state index in [1.54, 1.807) is 35.2 Å². The first-order valence-electron chi connectivity index (χ1n) is 14.1. The first-order valence-corrected chi connectivity index (χ1v) is 16.7. The number of amides is 1. The first kappa shape index (κ1) is 28.1. The zero-order valence-corrected chi connectivity index (χ0v) is 25.6. The summed E-state index contributed by atoms with van der Waals surface area (Å²) in [7, 11) is 0. The number of thioether (sulfide) groups is 1. The molecule has 214 valence electrons. The zero-order chi connectivity index (χ0) is 28.5. The van der Waals surface area contributed by atoms with Crippen LogP contribution in [0.5, 0.6) is 0 Å². The number of anilines is 1. The van der Waals surface area contributed by atoms with Gasteiger partial charge in [-0.3, -0.25) is 19.1 Å². The van der Waals surface area contributed by atoms with Gasteiger partial charge in [-0.15, -0.1) is 22.7 Å². The predicted octanol–water partition coefficient (Wildman–Crippen LogP) is 5.87. The minimum absolute atomic E-state index is 0.0562. The molecule has 41 heavy (non-hydrogen) atoms. The molecule has 0 aromatic carbocycles. The van der Waals surface area contributed by atoms with Gasteiger partial charge < -0.3 is 10.1 Å². The molecular weight excluding hydrogens is 577 g/mol. The molecule has 0 fully saturated rings. The minimum atomic E-state index is -0.387. The van der Waals surface area contributed by atoms with Crippen LogP contribution in [0.2, 0.25) is 0 Å². The maximum absolute atomic E-state index is 13.9. The third kappa shape index (κ3) is 5.72. The second-order valence-corrected chi connectivity index (χ2v) is 13.8. The molecule has 1 N–H and O–H groups in total. The van der Waals surface area contributed by atoms with Gasteiger partial charge in [0, 0.05) is 22.1 Å². The summed E-state index contributed by atoms with van der Waals surface area (Å²) in [5, 5.41) is 4.78. The Kier molecular flexibility index (Phi) is 8.28. The lowest BCUT2D eigenvalue weighted by atomic mass is 9.88. The lowest BCUT2D eigenvalue weighted by Crippen LogP contribution is -2.25. The molecule has 0 saturated carbocycles. The molecule has 0 aliphatic heterocycles. The summed E-state index contributed by atoms with van der Waals surface area (Å²) in [4.78, 5) is 52.2. The molecule has 1 atom stereocenters. The number of fused-ring (bicyclic) bond motifs is 4. The average Bonchev–Trinajstić information content (AvgIpc) is 3.51. The molecule has 0 radical (unpaired) electrons. The van der Waals surface area contributed by atoms with Gasteiger partial charge in [-0.2, -0.15) is 0 Å². The zero-order valence-electron chi connectivity index (χ0n) is 23.2. The number of ether oxygens (including phenoxy) is 1. The van der Waals surface area contributed by atoms with Gasteiger partial charge in [-0.25, -0.2) is 9.78 Å². The van der Waals surface area contributed by atoms with Crippen molar-refractivity contribution in [3.8, 4) is 0 Å². The lowest BCUT2D eigenvalue weighted by Gasteiger charge is -2.18. The van der Waals surface area contributed by atoms with Crippen LogP contribution in [0.4, 0.5) is 5.00 Å². The number of aryl methyl sites for hydroxylation is 2. The molecule has 4 aromatic heterocycles. The van der Waals surface area contributed by atoms with Crippen molar-refractivity contribution < 1.29 is 14.3 Å². The molecule has 4 heterocycles. The number of aromatic nitrogens is 3. The Balaban J connectivity index is 1.29. The SMILES string of the molecule is CCOC(=O)c1c(NC(=O)CSc2nc3sc4c(c3c(=O)n2Cc2ccncc2)CCCC4)sc2c1CC[C@H](C)C2. The van der Waals surface area contributed by atoms with Gasteiger partial charge in [0.05, 0.1) is 29.9 Å². The largest absolute Gasteiger partial charge is 0.462 e. The summed E-state index contributed by atoms with van der Waals surface area (Å²) >= 11 is 4.33. The number of nitrogens with zero attached hydrogens (tertiary/aromatic N) is 3. The van der Waals surface area contributed by atoms with Gasteiger partial charge in [0.15, 0.2) is 5.16 Å². The molecule has 1 amide bonds. The van der Waals surface area contributed by atoms with Crippen LogP contribution in [0.25, 0.3) is 10.2 Å². The molecule has 6 rings (SSSR count). The molecule has 0 saturated heterocycles. The van der Waals surface area contributed by atoms with Crippen LogP contribution in [-0.2, 0) is 41.8 Å². The molecule has 8 nitrogen and oxygen atoms in total. The number of pyridine rings is 1. The highest BCUT2D eigenvalue weighted by Crippen LogP contribution is 2.40. The van der Waals surface area contributed by atoms with Crippen LogP contribution in [0.3, 0.4) is 0 Å². The second-order valence-electron chi connectivity index (χ2n) is 10.6. The summed E-state index contributed by atoms with van der Waals surface area (Å²) in [5.74, 6) is -0.0399. The topological polar surface area (TPSA) is 103 Å². The van der Waals surface area contributed by atoms with Crippen molar-refractivity contribution in [2.75, 3.05) is 17.7 Å². The predicted molar refractivity (Wildman–Crippen MR) is 165 cm³/mol. The smallest absolute Gasteiger partial charge is 0.341 e. The van der Waals surface area contributed by atoms with E-state index in [-0.39, 0.29) is 29.8 Å². The fourth-order valence-electron chi connectivity index (χ4n) is 5.69. The van der Waals surface area contributed by atoms with Crippen molar-refractivity contribution in [1.29, 1.82) is 0 Å². The molecule has 4 aromatic rings. The van der Waals surface area contributed by atoms with E-state index in [0.29, 0.717) is 28.2 Å². The standard InChI is InChI=1S/C30H32N4O4S3/c1-3-38-29(37)25-20-9-8-17(2)14-22(20)41-27(25)32-23(35)16-39-30-33-26-24(19-6-4-5-7-21(19)40-26)28(36)34(30)15-18-10-12-31-13-11-18/h10-13,17H,3-9,14-16H2,1-2H3,(H,32,35)/t17-/m0/s1. The number of carbonyl (C=O) groups is 2. The van der Waals surface area contributed by atoms with E-state index in [1.165, 1.54) is 28.0 Å². The maximum Gasteiger partial charge on any atom is 0.341 e. The Morgan fingerprint density at radius 2 is 1.93 bits per heavy atom. The van der Waals surface area contributed by atoms with E-state index in [4.69, 9.17) is 9.72 Å². The Bertz CT molecular complexity index is 1670. The van der Waals surface area contributed by atoms with Crippen molar-refractivity contribution >= 4 is 61.5 Å². The number of rotatable bonds is 8. The Hall–Kier alpha value is -3.02. The van der Waals surface area contributed by atoms with Crippen molar-refractivity contribution in [3.05, 3.63) is 66.9 Å². The van der Waals surface area contributed by atoms with Gasteiger partial charge in [-0.1, -0.05) is 18.7 Å². The Morgan fingerprint density at radius 1 is 1.12 bits per heavy atom. The van der Waals surface area contributed by atoms with Gasteiger partial charge in [0.2, 0.25) is 5.91 Å². The minimum Gasteiger partial charge on any atom is -0.462 e. The number of thiophene rings is 2. The van der Waals surface area contributed by atoms with Crippen molar-refractivity contribution in [3.63, 3.8) is 0 Å². The van der Waals surface area contributed by atoms with E-state index in [9.17, 15) is 14.4 Å². The van der Waals surface area contributed by atoms with E-state index in [0.717, 1.165) is 76.7 Å². The highest BCUT2D eigenvalue weighted by Gasteiger charge is 2.29. The van der Waals surface area contributed by atoms with E-state index < -0.39 is 0 Å². The Labute approximate surface area is 250 Å². The molecule has 11 heteroatoms. The van der Waals surface area contributed by atoms with Crippen LogP contribution in [0.1, 0.15) is 69.9 Å². The third-order valence-electron chi connectivity index (χ3n) is 7.71. The van der Waals surface area contributed by atoms with Gasteiger partial charge in [0.25, 0.3) is 5.56 Å². The molecule has 2 aliphatic rings. The quantitative estimate of drug-likeness (QED) is 0.152. The molecule has 0 bridgehead atoms. The summed E-state index contributed by atoms with van der Waals surface area (Å²) < 4.78 is 7.04. The van der Waals surface area contributed by atoms with Crippen molar-refractivity contribution in [1.82, 2.24) is 14.5 Å². The highest BCUT2D eigenvalue weighted by molar-refractivity contribution is 7.99. The Morgan fingerprint density at radius 3 is 2.73 bits per heavy atom. The number of esters is 1. The monoisotopic (exact) mass is 608 g/mol. The maximum atomic E-state index is 13.9. The fourth-order valence-corrected chi connectivity index (χ4v) is 9.21. The van der Waals surface area contributed by atoms with Gasteiger partial charge in [-0.05, 0) is 86.6 Å². The number of nitrogens with one attached hydrogen (secondary N) is 1. The highest BCUT2D eigenvalue weighted by atomic mass is 32.2. The van der Waals surface area contributed by atoms with Crippen molar-refractivity contribution in [2.45, 2.75) is 70.5 Å². The molecule has 0 unspecified atom stereocenters. The molecule has 0 spiro atoms. The molecule has 2 aliphatic carbocycles. The van der Waals surface area contributed by atoms with Gasteiger partial charge >= 0.3 is 5.97 Å². The van der Waals surface area contributed by atoms with Crippen LogP contribution >= 0.6 is 34.4 Å². The van der Waals surface area contributed by atoms with E-state index in [2.05, 4.69) is 17.2 Å². The third-order valence-corrected chi connectivity index (χ3v) is 11.0. The van der Waals surface area contributed by atoms with E-state index in [1.807, 2.05) is 12.1 Å². The average molecular weight is 609 g/mol. The second kappa shape index (κ2) is 12.1. The number of hydrogen-bond donors (Lipinski definition) is 1. The van der Waals surface area contributed by atoms with Crippen LogP contribution in [0, 0.1) is 5.92 Å². The van der Waals surface area contributed by atoms with E-state index >= 15 is 0 Å². The number of hydrogen-bond acceptors (Lipinski definition) is 9. The summed E-state index contributed by atoms with van der Waals surface area (Å²) in [6.07, 6.45) is 10.2. The lowest BCUT2D eigenvalue weighted by molar-refractivity contribution is -0.113. The summed E-state index contributed by atoms with van der Waals surface area (Å²) in [5.41, 5.74) is 3.54. The van der Waals surface area contributed by atoms with Crippen LogP contribution in [-0.4, -0.2) is 38.8 Å². The van der Waals surface area contributed by atoms with Crippen molar-refractivity contribution in [2.24, 2.45) is 5.92 Å². The van der Waals surface area contributed by atoms with Crippen LogP contribution in [0.15, 0.2) is 34.5 Å². The molecular formula is C30H32N4O4S3. The van der Waals surface area contributed by atoms with Gasteiger partial charge in [0.1, 0.15) is 9.83 Å². The number of carbonyl (C=O) groups excluding carboxylic acids is 2. The summed E-state index contributed by atoms with van der Waals surface area (Å²) in [6.45, 7) is 4.62.